The number of anilines is 1. The molecule has 0 fully saturated rings. The van der Waals surface area contributed by atoms with E-state index in [2.05, 4.69) is 15.5 Å². The van der Waals surface area contributed by atoms with Gasteiger partial charge >= 0.3 is 0 Å². The van der Waals surface area contributed by atoms with Crippen LogP contribution in [0.2, 0.25) is 0 Å². The van der Waals surface area contributed by atoms with Gasteiger partial charge in [-0.05, 0) is 41.6 Å². The van der Waals surface area contributed by atoms with Crippen molar-refractivity contribution in [3.05, 3.63) is 70.0 Å². The van der Waals surface area contributed by atoms with Gasteiger partial charge in [-0.1, -0.05) is 12.1 Å². The van der Waals surface area contributed by atoms with Crippen LogP contribution < -0.4 is 10.2 Å². The third kappa shape index (κ3) is 4.91. The van der Waals surface area contributed by atoms with Crippen LogP contribution >= 0.6 is 11.8 Å². The lowest BCUT2D eigenvalue weighted by Gasteiger charge is -2.13. The minimum atomic E-state index is -0.505. The van der Waals surface area contributed by atoms with Gasteiger partial charge in [0.05, 0.1) is 9.82 Å². The molecule has 3 aromatic rings. The third-order valence-corrected chi connectivity index (χ3v) is 5.31. The fraction of sp³-hybridized carbons (Fsp3) is 0.211. The fourth-order valence-corrected chi connectivity index (χ4v) is 3.40. The minimum absolute atomic E-state index is 0.152. The SMILES string of the molecule is CN(C)c1ccc(CNC(=O)c2ccc(Sc3nncn3C)c([N+](=O)[O-])c2)cc1. The lowest BCUT2D eigenvalue weighted by Crippen LogP contribution is -2.23. The maximum atomic E-state index is 12.5. The second kappa shape index (κ2) is 8.74. The van der Waals surface area contributed by atoms with Gasteiger partial charge in [-0.2, -0.15) is 0 Å². The summed E-state index contributed by atoms with van der Waals surface area (Å²) in [6.45, 7) is 0.329. The first-order chi connectivity index (χ1) is 13.8. The Kier molecular flexibility index (Phi) is 6.13. The Morgan fingerprint density at radius 2 is 1.97 bits per heavy atom. The number of aromatic nitrogens is 3. The van der Waals surface area contributed by atoms with Gasteiger partial charge in [0.15, 0.2) is 5.16 Å². The van der Waals surface area contributed by atoms with E-state index < -0.39 is 4.92 Å². The minimum Gasteiger partial charge on any atom is -0.378 e. The summed E-state index contributed by atoms with van der Waals surface area (Å²) in [6, 6.07) is 12.2. The van der Waals surface area contributed by atoms with Crippen molar-refractivity contribution in [3.8, 4) is 0 Å². The molecule has 3 rings (SSSR count). The molecule has 0 spiro atoms. The number of rotatable bonds is 7. The van der Waals surface area contributed by atoms with E-state index in [1.165, 1.54) is 12.4 Å². The molecule has 1 heterocycles. The molecule has 0 aliphatic rings. The lowest BCUT2D eigenvalue weighted by molar-refractivity contribution is -0.387. The zero-order valence-corrected chi connectivity index (χ0v) is 17.0. The molecule has 29 heavy (non-hydrogen) atoms. The standard InChI is InChI=1S/C19H20N6O3S/c1-23(2)15-7-4-13(5-8-15)11-20-18(26)14-6-9-17(16(10-14)25(27)28)29-19-22-21-12-24(19)3/h4-10,12H,11H2,1-3H3,(H,20,26). The molecule has 0 saturated heterocycles. The van der Waals surface area contributed by atoms with Crippen LogP contribution in [0.4, 0.5) is 11.4 Å². The van der Waals surface area contributed by atoms with Gasteiger partial charge in [0.25, 0.3) is 11.6 Å². The number of nitrogens with one attached hydrogen (secondary N) is 1. The molecule has 0 unspecified atom stereocenters. The third-order valence-electron chi connectivity index (χ3n) is 4.19. The highest BCUT2D eigenvalue weighted by Gasteiger charge is 2.20. The molecule has 0 atom stereocenters. The molecule has 0 aliphatic heterocycles. The monoisotopic (exact) mass is 412 g/mol. The number of benzene rings is 2. The van der Waals surface area contributed by atoms with Gasteiger partial charge in [0.1, 0.15) is 6.33 Å². The number of hydrogen-bond donors (Lipinski definition) is 1. The van der Waals surface area contributed by atoms with Gasteiger partial charge in [0.2, 0.25) is 0 Å². The first kappa shape index (κ1) is 20.3. The molecule has 2 aromatic carbocycles. The van der Waals surface area contributed by atoms with Gasteiger partial charge in [-0.3, -0.25) is 14.9 Å². The molecule has 9 nitrogen and oxygen atoms in total. The number of amides is 1. The summed E-state index contributed by atoms with van der Waals surface area (Å²) in [4.78, 5) is 25.8. The smallest absolute Gasteiger partial charge is 0.284 e. The predicted molar refractivity (Wildman–Crippen MR) is 110 cm³/mol. The summed E-state index contributed by atoms with van der Waals surface area (Å²) < 4.78 is 1.66. The van der Waals surface area contributed by atoms with Crippen molar-refractivity contribution in [3.63, 3.8) is 0 Å². The molecule has 0 bridgehead atoms. The number of nitrogens with zero attached hydrogens (tertiary/aromatic N) is 5. The van der Waals surface area contributed by atoms with E-state index in [1.807, 2.05) is 43.3 Å². The van der Waals surface area contributed by atoms with Crippen molar-refractivity contribution in [2.75, 3.05) is 19.0 Å². The molecular weight excluding hydrogens is 392 g/mol. The quantitative estimate of drug-likeness (QED) is 0.470. The van der Waals surface area contributed by atoms with E-state index in [4.69, 9.17) is 0 Å². The number of aryl methyl sites for hydroxylation is 1. The van der Waals surface area contributed by atoms with Crippen molar-refractivity contribution in [1.82, 2.24) is 20.1 Å². The van der Waals surface area contributed by atoms with Crippen LogP contribution in [-0.2, 0) is 13.6 Å². The van der Waals surface area contributed by atoms with Crippen LogP contribution in [-0.4, -0.2) is 39.7 Å². The summed E-state index contributed by atoms with van der Waals surface area (Å²) in [5, 5.41) is 22.5. The molecule has 0 aliphatic carbocycles. The number of hydrogen-bond acceptors (Lipinski definition) is 7. The van der Waals surface area contributed by atoms with Crippen molar-refractivity contribution in [2.45, 2.75) is 16.6 Å². The van der Waals surface area contributed by atoms with E-state index in [0.717, 1.165) is 23.0 Å². The van der Waals surface area contributed by atoms with Crippen molar-refractivity contribution < 1.29 is 9.72 Å². The van der Waals surface area contributed by atoms with Gasteiger partial charge < -0.3 is 14.8 Å². The maximum absolute atomic E-state index is 12.5. The summed E-state index contributed by atoms with van der Waals surface area (Å²) in [7, 11) is 5.66. The van der Waals surface area contributed by atoms with Crippen molar-refractivity contribution in [2.24, 2.45) is 7.05 Å². The van der Waals surface area contributed by atoms with Crippen LogP contribution in [0, 0.1) is 10.1 Å². The summed E-state index contributed by atoms with van der Waals surface area (Å²) in [6.07, 6.45) is 1.51. The summed E-state index contributed by atoms with van der Waals surface area (Å²) >= 11 is 1.12. The molecular formula is C19H20N6O3S. The van der Waals surface area contributed by atoms with E-state index in [1.54, 1.807) is 23.7 Å². The Labute approximate surface area is 171 Å². The van der Waals surface area contributed by atoms with Crippen molar-refractivity contribution >= 4 is 29.0 Å². The van der Waals surface area contributed by atoms with Crippen LogP contribution in [0.1, 0.15) is 15.9 Å². The second-order valence-electron chi connectivity index (χ2n) is 6.51. The highest BCUT2D eigenvalue weighted by molar-refractivity contribution is 7.99. The molecule has 0 saturated carbocycles. The average molecular weight is 412 g/mol. The fourth-order valence-electron chi connectivity index (χ4n) is 2.55. The van der Waals surface area contributed by atoms with E-state index in [9.17, 15) is 14.9 Å². The Hall–Kier alpha value is -3.40. The van der Waals surface area contributed by atoms with Gasteiger partial charge in [-0.25, -0.2) is 0 Å². The Bertz CT molecular complexity index is 1030. The summed E-state index contributed by atoms with van der Waals surface area (Å²) in [5.41, 5.74) is 2.07. The average Bonchev–Trinajstić information content (AvgIpc) is 3.11. The number of carbonyl (C=O) groups excluding carboxylic acids is 1. The van der Waals surface area contributed by atoms with E-state index >= 15 is 0 Å². The largest absolute Gasteiger partial charge is 0.378 e. The van der Waals surface area contributed by atoms with E-state index in [-0.39, 0.29) is 17.2 Å². The molecule has 150 valence electrons. The second-order valence-corrected chi connectivity index (χ2v) is 7.52. The first-order valence-corrected chi connectivity index (χ1v) is 9.51. The Morgan fingerprint density at radius 3 is 2.55 bits per heavy atom. The number of nitro benzene ring substituents is 1. The first-order valence-electron chi connectivity index (χ1n) is 8.70. The van der Waals surface area contributed by atoms with Crippen LogP contribution in [0.15, 0.2) is 58.8 Å². The molecule has 1 amide bonds. The highest BCUT2D eigenvalue weighted by atomic mass is 32.2. The van der Waals surface area contributed by atoms with Crippen LogP contribution in [0.25, 0.3) is 0 Å². The molecule has 10 heteroatoms. The van der Waals surface area contributed by atoms with Crippen molar-refractivity contribution in [1.29, 1.82) is 0 Å². The number of nitro groups is 1. The van der Waals surface area contributed by atoms with Gasteiger partial charge in [0, 0.05) is 45.0 Å². The maximum Gasteiger partial charge on any atom is 0.284 e. The van der Waals surface area contributed by atoms with Gasteiger partial charge in [-0.15, -0.1) is 10.2 Å². The van der Waals surface area contributed by atoms with Crippen LogP contribution in [0.5, 0.6) is 0 Å². The molecule has 1 N–H and O–H groups in total. The number of carbonyl (C=O) groups is 1. The Morgan fingerprint density at radius 1 is 1.24 bits per heavy atom. The lowest BCUT2D eigenvalue weighted by atomic mass is 10.1. The van der Waals surface area contributed by atoms with Crippen LogP contribution in [0.3, 0.4) is 0 Å². The summed E-state index contributed by atoms with van der Waals surface area (Å²) in [5.74, 6) is -0.375. The molecule has 1 aromatic heterocycles. The molecule has 0 radical (unpaired) electrons. The topological polar surface area (TPSA) is 106 Å². The zero-order chi connectivity index (χ0) is 21.0. The normalized spacial score (nSPS) is 10.6. The van der Waals surface area contributed by atoms with E-state index in [0.29, 0.717) is 16.6 Å². The predicted octanol–water partition coefficient (Wildman–Crippen LogP) is 2.87. The zero-order valence-electron chi connectivity index (χ0n) is 16.2. The highest BCUT2D eigenvalue weighted by Crippen LogP contribution is 2.34. The Balaban J connectivity index is 1.72.